The number of fused-ring (bicyclic) bond motifs is 4. The molecule has 2 aromatic heterocycles. The lowest BCUT2D eigenvalue weighted by atomic mass is 9.76. The van der Waals surface area contributed by atoms with Gasteiger partial charge in [-0.2, -0.15) is 0 Å². The molecule has 5 nitrogen and oxygen atoms in total. The van der Waals surface area contributed by atoms with Gasteiger partial charge in [-0.05, 0) is 139 Å². The maximum Gasteiger partial charge on any atom is 0.137 e. The van der Waals surface area contributed by atoms with E-state index in [2.05, 4.69) is 276 Å². The summed E-state index contributed by atoms with van der Waals surface area (Å²) in [6.45, 7) is 35.3. The molecule has 0 radical (unpaired) electrons. The minimum absolute atomic E-state index is 0.0257. The fraction of sp³-hybridized carbons (Fsp3) is 0.319. The number of pyridine rings is 1. The van der Waals surface area contributed by atoms with Gasteiger partial charge in [-0.3, -0.25) is 4.57 Å². The van der Waals surface area contributed by atoms with Crippen molar-refractivity contribution >= 4 is 44.6 Å². The van der Waals surface area contributed by atoms with Crippen molar-refractivity contribution in [1.82, 2.24) is 9.55 Å². The number of anilines is 4. The molecule has 0 spiro atoms. The van der Waals surface area contributed by atoms with Crippen LogP contribution in [0.4, 0.5) is 22.7 Å². The van der Waals surface area contributed by atoms with E-state index in [1.807, 2.05) is 6.20 Å². The van der Waals surface area contributed by atoms with Crippen LogP contribution >= 0.6 is 0 Å². The van der Waals surface area contributed by atoms with Gasteiger partial charge < -0.3 is 14.5 Å². The van der Waals surface area contributed by atoms with Crippen LogP contribution in [0.2, 0.25) is 0 Å². The first-order valence-electron chi connectivity index (χ1n) is 26.9. The Morgan fingerprint density at radius 3 is 1.74 bits per heavy atom. The summed E-state index contributed by atoms with van der Waals surface area (Å²) >= 11 is 0. The van der Waals surface area contributed by atoms with E-state index >= 15 is 0 Å². The Morgan fingerprint density at radius 2 is 1.09 bits per heavy atom. The van der Waals surface area contributed by atoms with E-state index in [0.29, 0.717) is 18.5 Å². The second kappa shape index (κ2) is 18.7. The number of rotatable bonds is 10. The highest BCUT2D eigenvalue weighted by atomic mass is 16.5. The van der Waals surface area contributed by atoms with Gasteiger partial charge in [0.05, 0.1) is 22.4 Å². The van der Waals surface area contributed by atoms with Gasteiger partial charge in [0, 0.05) is 45.9 Å². The highest BCUT2D eigenvalue weighted by molar-refractivity contribution is 6.12. The van der Waals surface area contributed by atoms with Gasteiger partial charge >= 0.3 is 0 Å². The second-order valence-electron chi connectivity index (χ2n) is 25.1. The summed E-state index contributed by atoms with van der Waals surface area (Å²) in [7, 11) is 0. The summed E-state index contributed by atoms with van der Waals surface area (Å²) in [6, 6.07) is 58.5. The highest BCUT2D eigenvalue weighted by Crippen LogP contribution is 2.50. The Kier molecular flexibility index (Phi) is 12.7. The van der Waals surface area contributed by atoms with E-state index in [1.54, 1.807) is 0 Å². The predicted molar refractivity (Wildman–Crippen MR) is 315 cm³/mol. The van der Waals surface area contributed by atoms with E-state index in [-0.39, 0.29) is 21.7 Å². The molecule has 0 N–H and O–H groups in total. The van der Waals surface area contributed by atoms with Crippen LogP contribution in [-0.4, -0.2) is 16.2 Å². The molecule has 9 aromatic rings. The van der Waals surface area contributed by atoms with Crippen molar-refractivity contribution in [2.45, 2.75) is 137 Å². The van der Waals surface area contributed by atoms with E-state index < -0.39 is 0 Å². The molecule has 10 rings (SSSR count). The molecule has 1 aliphatic heterocycles. The Balaban J connectivity index is 1.15. The quantitative estimate of drug-likeness (QED) is 0.137. The first kappa shape index (κ1) is 50.4. The molecular weight excluding hydrogens is 901 g/mol. The minimum atomic E-state index is -0.377. The predicted octanol–water partition coefficient (Wildman–Crippen LogP) is 19.4. The average Bonchev–Trinajstić information content (AvgIpc) is 3.92. The topological polar surface area (TPSA) is 33.5 Å². The molecule has 1 aliphatic rings. The van der Waals surface area contributed by atoms with Gasteiger partial charge in [-0.1, -0.05) is 189 Å². The van der Waals surface area contributed by atoms with Gasteiger partial charge in [0.1, 0.15) is 24.0 Å². The second-order valence-corrected chi connectivity index (χ2v) is 25.1. The van der Waals surface area contributed by atoms with Crippen LogP contribution in [0.5, 0.6) is 11.5 Å². The zero-order valence-corrected chi connectivity index (χ0v) is 46.6. The third kappa shape index (κ3) is 9.29. The largest absolute Gasteiger partial charge is 0.457 e. The van der Waals surface area contributed by atoms with E-state index in [4.69, 9.17) is 9.72 Å². The number of para-hydroxylation sites is 1. The van der Waals surface area contributed by atoms with Crippen molar-refractivity contribution in [3.63, 3.8) is 0 Å². The summed E-state index contributed by atoms with van der Waals surface area (Å²) in [4.78, 5) is 10.1. The van der Waals surface area contributed by atoms with Gasteiger partial charge in [0.15, 0.2) is 0 Å². The molecule has 0 unspecified atom stereocenters. The van der Waals surface area contributed by atoms with Gasteiger partial charge in [-0.15, -0.1) is 0 Å². The number of aromatic nitrogens is 2. The first-order valence-corrected chi connectivity index (χ1v) is 26.9. The van der Waals surface area contributed by atoms with E-state index in [1.165, 1.54) is 77.9 Å². The average molecular weight is 977 g/mol. The lowest BCUT2D eigenvalue weighted by Crippen LogP contribution is -2.25. The molecule has 0 saturated carbocycles. The number of ether oxygens (including phenoxy) is 1. The molecule has 0 bridgehead atoms. The van der Waals surface area contributed by atoms with Crippen LogP contribution in [-0.2, 0) is 21.7 Å². The maximum absolute atomic E-state index is 7.23. The smallest absolute Gasteiger partial charge is 0.137 e. The summed E-state index contributed by atoms with van der Waals surface area (Å²) < 4.78 is 9.57. The fourth-order valence-corrected chi connectivity index (χ4v) is 11.1. The number of nitrogens with zero attached hydrogens (tertiary/aromatic N) is 4. The monoisotopic (exact) mass is 977 g/mol. The van der Waals surface area contributed by atoms with Crippen molar-refractivity contribution in [3.05, 3.63) is 203 Å². The Labute approximate surface area is 441 Å². The third-order valence-electron chi connectivity index (χ3n) is 15.6. The first-order chi connectivity index (χ1) is 35.0. The fourth-order valence-electron chi connectivity index (χ4n) is 11.1. The maximum atomic E-state index is 7.23. The van der Waals surface area contributed by atoms with Crippen LogP contribution in [0.25, 0.3) is 38.8 Å². The van der Waals surface area contributed by atoms with Crippen molar-refractivity contribution in [1.29, 1.82) is 0 Å². The summed E-state index contributed by atoms with van der Waals surface area (Å²) in [5.74, 6) is 3.18. The van der Waals surface area contributed by atoms with Crippen LogP contribution in [0.3, 0.4) is 0 Å². The van der Waals surface area contributed by atoms with Crippen LogP contribution in [0, 0.1) is 0 Å². The molecular formula is C69H76N4O. The van der Waals surface area contributed by atoms with Crippen LogP contribution in [0.15, 0.2) is 164 Å². The Morgan fingerprint density at radius 1 is 0.473 bits per heavy atom. The molecule has 0 amide bonds. The van der Waals surface area contributed by atoms with Crippen molar-refractivity contribution in [2.24, 2.45) is 0 Å². The molecule has 0 atom stereocenters. The molecule has 74 heavy (non-hydrogen) atoms. The standard InChI is InChI=1S/C69H76N4O/c1-44(2)55-28-22-29-56(45(3)4)64(55)46-31-32-60-61(35-46)71(43-72(60)52-37-49(67(8,9)10)36-50(38-52)68(11,12)13)51-25-21-26-53(40-51)74-54-41-58(69(14,15)47-23-17-16-18-24-47)65-57-27-19-20-30-59(57)73(62(65)42-54)63-39-48(33-34-70-63)66(5,6)7/h16-42,44-45H,43H2,1-15H3. The SMILES string of the molecule is CC(C)c1cccc(C(C)C)c1-c1ccc2c(c1)N(c1cccc(Oc3cc(C(C)(C)c4ccccc4)c4c5ccccc5n(-c5cc(C(C)(C)C)ccn5)c4c3)c1)CN2c1cc(C(C)(C)C)cc(C(C)(C)C)c1. The van der Waals surface area contributed by atoms with E-state index in [0.717, 1.165) is 34.0 Å². The van der Waals surface area contributed by atoms with Crippen LogP contribution < -0.4 is 14.5 Å². The summed E-state index contributed by atoms with van der Waals surface area (Å²) in [5.41, 5.74) is 18.0. The van der Waals surface area contributed by atoms with Gasteiger partial charge in [-0.25, -0.2) is 4.98 Å². The van der Waals surface area contributed by atoms with Crippen molar-refractivity contribution in [2.75, 3.05) is 16.5 Å². The Hall–Kier alpha value is -7.11. The summed E-state index contributed by atoms with van der Waals surface area (Å²) in [5, 5.41) is 2.39. The molecule has 3 heterocycles. The van der Waals surface area contributed by atoms with E-state index in [9.17, 15) is 0 Å². The zero-order valence-electron chi connectivity index (χ0n) is 46.6. The number of hydrogen-bond acceptors (Lipinski definition) is 4. The molecule has 5 heteroatoms. The molecule has 0 aliphatic carbocycles. The number of benzene rings is 7. The molecule has 7 aromatic carbocycles. The molecule has 0 saturated heterocycles. The number of hydrogen-bond donors (Lipinski definition) is 0. The highest BCUT2D eigenvalue weighted by Gasteiger charge is 2.33. The minimum Gasteiger partial charge on any atom is -0.457 e. The van der Waals surface area contributed by atoms with Crippen molar-refractivity contribution in [3.8, 4) is 28.4 Å². The normalized spacial score (nSPS) is 13.5. The lowest BCUT2D eigenvalue weighted by molar-refractivity contribution is 0.481. The van der Waals surface area contributed by atoms with Crippen LogP contribution in [0.1, 0.15) is 155 Å². The lowest BCUT2D eigenvalue weighted by Gasteiger charge is -2.29. The van der Waals surface area contributed by atoms with Crippen molar-refractivity contribution < 1.29 is 4.74 Å². The van der Waals surface area contributed by atoms with Gasteiger partial charge in [0.25, 0.3) is 0 Å². The molecule has 378 valence electrons. The Bertz CT molecular complexity index is 3500. The summed E-state index contributed by atoms with van der Waals surface area (Å²) in [6.07, 6.45) is 1.95. The molecule has 0 fully saturated rings. The van der Waals surface area contributed by atoms with Gasteiger partial charge in [0.2, 0.25) is 0 Å². The zero-order chi connectivity index (χ0) is 52.6. The third-order valence-corrected chi connectivity index (χ3v) is 15.6.